The summed E-state index contributed by atoms with van der Waals surface area (Å²) in [5.74, 6) is 0. The molecule has 0 radical (unpaired) electrons. The number of fused-ring (bicyclic) bond motifs is 1. The molecule has 0 unspecified atom stereocenters. The maximum Gasteiger partial charge on any atom is 0.347 e. The highest BCUT2D eigenvalue weighted by molar-refractivity contribution is 5.83. The molecule has 2 aromatic rings. The summed E-state index contributed by atoms with van der Waals surface area (Å²) >= 11 is 0. The van der Waals surface area contributed by atoms with E-state index < -0.39 is 0 Å². The topological polar surface area (TPSA) is 63.6 Å². The molecule has 72 valence electrons. The van der Waals surface area contributed by atoms with Gasteiger partial charge in [-0.15, -0.1) is 0 Å². The van der Waals surface area contributed by atoms with E-state index in [1.54, 1.807) is 17.9 Å². The molecule has 1 N–H and O–H groups in total. The van der Waals surface area contributed by atoms with Gasteiger partial charge < -0.3 is 9.55 Å². The Bertz CT molecular complexity index is 564. The van der Waals surface area contributed by atoms with E-state index in [1.165, 1.54) is 0 Å². The monoisotopic (exact) mass is 190 g/mol. The van der Waals surface area contributed by atoms with Gasteiger partial charge in [-0.1, -0.05) is 6.58 Å². The van der Waals surface area contributed by atoms with Crippen molar-refractivity contribution in [2.75, 3.05) is 0 Å². The minimum absolute atomic E-state index is 0.376. The zero-order valence-electron chi connectivity index (χ0n) is 8.03. The second kappa shape index (κ2) is 2.80. The van der Waals surface area contributed by atoms with E-state index in [9.17, 15) is 4.79 Å². The van der Waals surface area contributed by atoms with Crippen molar-refractivity contribution < 1.29 is 0 Å². The molecule has 0 fully saturated rings. The zero-order valence-corrected chi connectivity index (χ0v) is 8.03. The molecule has 0 aliphatic rings. The van der Waals surface area contributed by atoms with E-state index in [2.05, 4.69) is 21.5 Å². The van der Waals surface area contributed by atoms with Crippen molar-refractivity contribution in [2.24, 2.45) is 7.05 Å². The lowest BCUT2D eigenvalue weighted by molar-refractivity contribution is 0.920. The summed E-state index contributed by atoms with van der Waals surface area (Å²) in [5, 5.41) is 0. The van der Waals surface area contributed by atoms with Gasteiger partial charge in [-0.2, -0.15) is 4.98 Å². The van der Waals surface area contributed by atoms with Crippen LogP contribution in [0.4, 0.5) is 0 Å². The van der Waals surface area contributed by atoms with Crippen LogP contribution in [0.1, 0.15) is 12.6 Å². The van der Waals surface area contributed by atoms with Crippen molar-refractivity contribution in [1.82, 2.24) is 19.5 Å². The van der Waals surface area contributed by atoms with Crippen molar-refractivity contribution in [2.45, 2.75) is 6.92 Å². The molecule has 0 bridgehead atoms. The van der Waals surface area contributed by atoms with Crippen LogP contribution in [0.2, 0.25) is 0 Å². The van der Waals surface area contributed by atoms with Gasteiger partial charge >= 0.3 is 5.69 Å². The first-order valence-corrected chi connectivity index (χ1v) is 4.17. The molecule has 2 aromatic heterocycles. The molecule has 0 aliphatic heterocycles. The molecule has 2 heterocycles. The van der Waals surface area contributed by atoms with Gasteiger partial charge in [-0.05, 0) is 12.5 Å². The fourth-order valence-electron chi connectivity index (χ4n) is 1.33. The number of nitrogens with zero attached hydrogens (tertiary/aromatic N) is 3. The Hall–Kier alpha value is -1.91. The number of hydrogen-bond donors (Lipinski definition) is 1. The number of aromatic amines is 1. The van der Waals surface area contributed by atoms with Gasteiger partial charge in [0.25, 0.3) is 0 Å². The minimum Gasteiger partial charge on any atom is -0.318 e. The lowest BCUT2D eigenvalue weighted by atomic mass is 10.2. The third kappa shape index (κ3) is 1.14. The van der Waals surface area contributed by atoms with Gasteiger partial charge in [0.1, 0.15) is 5.52 Å². The van der Waals surface area contributed by atoms with E-state index in [0.29, 0.717) is 16.9 Å². The summed E-state index contributed by atoms with van der Waals surface area (Å²) in [6, 6.07) is 0. The Morgan fingerprint density at radius 3 is 3.00 bits per heavy atom. The maximum atomic E-state index is 11.2. The number of allylic oxidation sites excluding steroid dienone is 1. The van der Waals surface area contributed by atoms with E-state index in [0.717, 1.165) is 5.57 Å². The highest BCUT2D eigenvalue weighted by atomic mass is 16.1. The number of rotatable bonds is 1. The van der Waals surface area contributed by atoms with Crippen LogP contribution in [-0.2, 0) is 7.05 Å². The van der Waals surface area contributed by atoms with Crippen LogP contribution < -0.4 is 5.69 Å². The molecule has 0 saturated carbocycles. The molecular formula is C9H10N4O. The second-order valence-corrected chi connectivity index (χ2v) is 3.22. The second-order valence-electron chi connectivity index (χ2n) is 3.22. The van der Waals surface area contributed by atoms with Crippen molar-refractivity contribution in [3.8, 4) is 0 Å². The lowest BCUT2D eigenvalue weighted by Gasteiger charge is -1.99. The molecule has 0 aromatic carbocycles. The zero-order chi connectivity index (χ0) is 10.3. The van der Waals surface area contributed by atoms with E-state index in [1.807, 2.05) is 6.92 Å². The molecule has 0 spiro atoms. The molecule has 5 heteroatoms. The molecule has 0 atom stereocenters. The first-order valence-electron chi connectivity index (χ1n) is 4.17. The Kier molecular flexibility index (Phi) is 1.73. The molecule has 14 heavy (non-hydrogen) atoms. The highest BCUT2D eigenvalue weighted by Crippen LogP contribution is 2.16. The normalized spacial score (nSPS) is 10.7. The summed E-state index contributed by atoms with van der Waals surface area (Å²) in [6.07, 6.45) is 1.62. The van der Waals surface area contributed by atoms with Gasteiger partial charge in [0, 0.05) is 7.05 Å². The third-order valence-electron chi connectivity index (χ3n) is 2.01. The number of imidazole rings is 1. The molecule has 0 saturated heterocycles. The van der Waals surface area contributed by atoms with Crippen LogP contribution in [0.3, 0.4) is 0 Å². The van der Waals surface area contributed by atoms with Gasteiger partial charge in [0.05, 0.1) is 12.0 Å². The third-order valence-corrected chi connectivity index (χ3v) is 2.01. The van der Waals surface area contributed by atoms with Crippen LogP contribution >= 0.6 is 0 Å². The molecule has 2 rings (SSSR count). The number of H-pyrrole nitrogens is 1. The van der Waals surface area contributed by atoms with Crippen molar-refractivity contribution >= 4 is 16.7 Å². The number of aryl methyl sites for hydroxylation is 1. The lowest BCUT2D eigenvalue weighted by Crippen LogP contribution is -2.13. The van der Waals surface area contributed by atoms with Gasteiger partial charge in [-0.25, -0.2) is 9.78 Å². The summed E-state index contributed by atoms with van der Waals surface area (Å²) in [5.41, 5.74) is 2.30. The predicted octanol–water partition coefficient (Wildman–Crippen LogP) is 0.690. The molecule has 5 nitrogen and oxygen atoms in total. The first kappa shape index (κ1) is 8.68. The summed E-state index contributed by atoms with van der Waals surface area (Å²) < 4.78 is 1.71. The largest absolute Gasteiger partial charge is 0.347 e. The Morgan fingerprint density at radius 2 is 2.36 bits per heavy atom. The average molecular weight is 190 g/mol. The van der Waals surface area contributed by atoms with Crippen LogP contribution in [0, 0.1) is 0 Å². The van der Waals surface area contributed by atoms with E-state index in [4.69, 9.17) is 0 Å². The van der Waals surface area contributed by atoms with Crippen LogP contribution in [0.15, 0.2) is 17.7 Å². The standard InChI is InChI=1S/C9H10N4O/c1-5(2)6-7-8(12-9(14)11-6)13(3)4-10-7/h4H,1H2,2-3H3,(H,11,12,14). The first-order chi connectivity index (χ1) is 6.59. The number of nitrogens with one attached hydrogen (secondary N) is 1. The predicted molar refractivity (Wildman–Crippen MR) is 53.8 cm³/mol. The van der Waals surface area contributed by atoms with Crippen LogP contribution in [-0.4, -0.2) is 19.5 Å². The fourth-order valence-corrected chi connectivity index (χ4v) is 1.33. The van der Waals surface area contributed by atoms with Gasteiger partial charge in [0.2, 0.25) is 0 Å². The Balaban J connectivity index is 2.96. The van der Waals surface area contributed by atoms with Crippen LogP contribution in [0.5, 0.6) is 0 Å². The van der Waals surface area contributed by atoms with Crippen molar-refractivity contribution in [1.29, 1.82) is 0 Å². The Morgan fingerprint density at radius 1 is 1.64 bits per heavy atom. The number of aromatic nitrogens is 4. The molecular weight excluding hydrogens is 180 g/mol. The van der Waals surface area contributed by atoms with E-state index in [-0.39, 0.29) is 5.69 Å². The van der Waals surface area contributed by atoms with Crippen molar-refractivity contribution in [3.05, 3.63) is 29.1 Å². The quantitative estimate of drug-likeness (QED) is 0.719. The minimum atomic E-state index is -0.376. The van der Waals surface area contributed by atoms with Gasteiger partial charge in [-0.3, -0.25) is 0 Å². The summed E-state index contributed by atoms with van der Waals surface area (Å²) in [4.78, 5) is 21.8. The van der Waals surface area contributed by atoms with Crippen molar-refractivity contribution in [3.63, 3.8) is 0 Å². The maximum absolute atomic E-state index is 11.2. The van der Waals surface area contributed by atoms with Crippen LogP contribution in [0.25, 0.3) is 16.7 Å². The molecule has 0 aliphatic carbocycles. The number of hydrogen-bond acceptors (Lipinski definition) is 3. The smallest absolute Gasteiger partial charge is 0.318 e. The fraction of sp³-hybridized carbons (Fsp3) is 0.222. The van der Waals surface area contributed by atoms with E-state index >= 15 is 0 Å². The van der Waals surface area contributed by atoms with Gasteiger partial charge in [0.15, 0.2) is 5.65 Å². The SMILES string of the molecule is C=C(C)c1[nH]c(=O)nc2c1ncn2C. The summed E-state index contributed by atoms with van der Waals surface area (Å²) in [6.45, 7) is 5.60. The molecule has 0 amide bonds. The Labute approximate surface area is 80.1 Å². The summed E-state index contributed by atoms with van der Waals surface area (Å²) in [7, 11) is 1.80. The average Bonchev–Trinajstić information content (AvgIpc) is 2.47. The highest BCUT2D eigenvalue weighted by Gasteiger charge is 2.09.